The lowest BCUT2D eigenvalue weighted by atomic mass is 10.2. The zero-order chi connectivity index (χ0) is 26.2. The molecule has 3 aromatic carbocycles. The second kappa shape index (κ2) is 12.7. The van der Waals surface area contributed by atoms with Gasteiger partial charge in [0.25, 0.3) is 0 Å². The largest absolute Gasteiger partial charge is 0.497 e. The van der Waals surface area contributed by atoms with Crippen molar-refractivity contribution in [1.29, 1.82) is 0 Å². The molecule has 0 fully saturated rings. The number of benzene rings is 3. The van der Waals surface area contributed by atoms with Gasteiger partial charge in [-0.1, -0.05) is 42.8 Å². The highest BCUT2D eigenvalue weighted by Crippen LogP contribution is 2.31. The number of amides is 1. The van der Waals surface area contributed by atoms with Crippen LogP contribution in [0.1, 0.15) is 18.9 Å². The third-order valence-corrected chi connectivity index (χ3v) is 7.76. The zero-order valence-corrected chi connectivity index (χ0v) is 23.2. The molecule has 1 unspecified atom stereocenters. The van der Waals surface area contributed by atoms with Crippen LogP contribution in [0.25, 0.3) is 11.3 Å². The lowest BCUT2D eigenvalue weighted by Crippen LogP contribution is -2.24. The number of carbonyl (C=O) groups excluding carboxylic acids is 1. The van der Waals surface area contributed by atoms with E-state index >= 15 is 0 Å². The SMILES string of the molecule is CCC(Sc1cccc(NC(=S)Nc2ccc(C)cc2)c1)C(=O)Nc1nc(-c2cccc(OC)c2)cs1. The minimum absolute atomic E-state index is 0.0750. The predicted octanol–water partition coefficient (Wildman–Crippen LogP) is 7.45. The Bertz CT molecular complexity index is 1370. The summed E-state index contributed by atoms with van der Waals surface area (Å²) in [5, 5.41) is 12.1. The number of hydrogen-bond donors (Lipinski definition) is 3. The maximum absolute atomic E-state index is 13.1. The van der Waals surface area contributed by atoms with Gasteiger partial charge in [-0.3, -0.25) is 4.79 Å². The molecule has 0 aliphatic carbocycles. The van der Waals surface area contributed by atoms with Crippen molar-refractivity contribution in [2.75, 3.05) is 23.1 Å². The Morgan fingerprint density at radius 3 is 2.54 bits per heavy atom. The molecule has 0 aliphatic rings. The van der Waals surface area contributed by atoms with Gasteiger partial charge in [-0.05, 0) is 68.0 Å². The second-order valence-electron chi connectivity index (χ2n) is 8.25. The van der Waals surface area contributed by atoms with Crippen LogP contribution in [0.2, 0.25) is 0 Å². The Morgan fingerprint density at radius 2 is 1.78 bits per heavy atom. The van der Waals surface area contributed by atoms with E-state index < -0.39 is 0 Å². The molecule has 0 aliphatic heterocycles. The van der Waals surface area contributed by atoms with Gasteiger partial charge in [-0.2, -0.15) is 0 Å². The van der Waals surface area contributed by atoms with Crippen LogP contribution in [0, 0.1) is 6.92 Å². The van der Waals surface area contributed by atoms with Crippen molar-refractivity contribution < 1.29 is 9.53 Å². The topological polar surface area (TPSA) is 75.3 Å². The maximum atomic E-state index is 13.1. The Hall–Kier alpha value is -3.40. The van der Waals surface area contributed by atoms with E-state index in [1.807, 2.05) is 92.0 Å². The fraction of sp³-hybridized carbons (Fsp3) is 0.179. The number of ether oxygens (including phenoxy) is 1. The van der Waals surface area contributed by atoms with Crippen molar-refractivity contribution in [2.45, 2.75) is 30.4 Å². The fourth-order valence-corrected chi connectivity index (χ4v) is 5.47. The number of methoxy groups -OCH3 is 1. The Kier molecular flexibility index (Phi) is 9.16. The molecule has 37 heavy (non-hydrogen) atoms. The molecule has 4 aromatic rings. The Morgan fingerprint density at radius 1 is 1.03 bits per heavy atom. The molecule has 1 atom stereocenters. The third kappa shape index (κ3) is 7.55. The van der Waals surface area contributed by atoms with Gasteiger partial charge in [0.1, 0.15) is 5.75 Å². The summed E-state index contributed by atoms with van der Waals surface area (Å²) in [6.45, 7) is 4.05. The smallest absolute Gasteiger partial charge is 0.239 e. The predicted molar refractivity (Wildman–Crippen MR) is 160 cm³/mol. The van der Waals surface area contributed by atoms with Gasteiger partial charge >= 0.3 is 0 Å². The Labute approximate surface area is 230 Å². The number of nitrogens with one attached hydrogen (secondary N) is 3. The van der Waals surface area contributed by atoms with Gasteiger partial charge in [-0.15, -0.1) is 23.1 Å². The molecule has 6 nitrogen and oxygen atoms in total. The summed E-state index contributed by atoms with van der Waals surface area (Å²) in [5.41, 5.74) is 4.71. The highest BCUT2D eigenvalue weighted by atomic mass is 32.2. The first-order chi connectivity index (χ1) is 17.9. The molecule has 1 amide bonds. The molecule has 0 spiro atoms. The minimum Gasteiger partial charge on any atom is -0.497 e. The van der Waals surface area contributed by atoms with E-state index in [1.54, 1.807) is 7.11 Å². The first kappa shape index (κ1) is 26.7. The van der Waals surface area contributed by atoms with Crippen LogP contribution in [0.3, 0.4) is 0 Å². The molecule has 0 radical (unpaired) electrons. The molecular weight excluding hydrogens is 521 g/mol. The van der Waals surface area contributed by atoms with Crippen molar-refractivity contribution in [3.63, 3.8) is 0 Å². The minimum atomic E-state index is -0.267. The summed E-state index contributed by atoms with van der Waals surface area (Å²) in [7, 11) is 1.64. The monoisotopic (exact) mass is 548 g/mol. The number of aryl methyl sites for hydroxylation is 1. The highest BCUT2D eigenvalue weighted by Gasteiger charge is 2.20. The molecule has 9 heteroatoms. The highest BCUT2D eigenvalue weighted by molar-refractivity contribution is 8.00. The lowest BCUT2D eigenvalue weighted by molar-refractivity contribution is -0.115. The fourth-order valence-electron chi connectivity index (χ4n) is 3.50. The number of rotatable bonds is 9. The van der Waals surface area contributed by atoms with Crippen LogP contribution >= 0.6 is 35.3 Å². The normalized spacial score (nSPS) is 11.4. The maximum Gasteiger partial charge on any atom is 0.239 e. The van der Waals surface area contributed by atoms with Crippen LogP contribution < -0.4 is 20.7 Å². The average molecular weight is 549 g/mol. The second-order valence-corrected chi connectivity index (χ2v) is 10.8. The molecule has 3 N–H and O–H groups in total. The summed E-state index contributed by atoms with van der Waals surface area (Å²) >= 11 is 8.39. The van der Waals surface area contributed by atoms with Crippen LogP contribution in [0.5, 0.6) is 5.75 Å². The number of thioether (sulfide) groups is 1. The molecule has 0 saturated heterocycles. The van der Waals surface area contributed by atoms with Crippen LogP contribution in [-0.4, -0.2) is 28.4 Å². The van der Waals surface area contributed by atoms with E-state index in [4.69, 9.17) is 17.0 Å². The standard InChI is InChI=1S/C28H28N4O2S3/c1-4-25(26(33)32-28-31-24(17-36-28)19-7-5-9-22(15-19)34-3)37-23-10-6-8-21(16-23)30-27(35)29-20-13-11-18(2)12-14-20/h5-17,25H,4H2,1-3H3,(H2,29,30,35)(H,31,32,33). The quantitative estimate of drug-likeness (QED) is 0.148. The van der Waals surface area contributed by atoms with E-state index in [1.165, 1.54) is 28.7 Å². The number of thiocarbonyl (C=S) groups is 1. The Balaban J connectivity index is 1.36. The summed E-state index contributed by atoms with van der Waals surface area (Å²) in [6, 6.07) is 23.6. The van der Waals surface area contributed by atoms with E-state index in [2.05, 4.69) is 20.9 Å². The number of nitrogens with zero attached hydrogens (tertiary/aromatic N) is 1. The molecule has 0 bridgehead atoms. The average Bonchev–Trinajstić information content (AvgIpc) is 3.37. The van der Waals surface area contributed by atoms with Gasteiger partial charge in [0.2, 0.25) is 5.91 Å². The number of hydrogen-bond acceptors (Lipinski definition) is 6. The van der Waals surface area contributed by atoms with Crippen molar-refractivity contribution >= 4 is 62.8 Å². The molecule has 190 valence electrons. The molecule has 0 saturated carbocycles. The van der Waals surface area contributed by atoms with Crippen LogP contribution in [0.4, 0.5) is 16.5 Å². The first-order valence-electron chi connectivity index (χ1n) is 11.8. The molecule has 1 heterocycles. The van der Waals surface area contributed by atoms with Crippen LogP contribution in [-0.2, 0) is 4.79 Å². The summed E-state index contributed by atoms with van der Waals surface area (Å²) in [4.78, 5) is 18.6. The summed E-state index contributed by atoms with van der Waals surface area (Å²) in [5.74, 6) is 0.691. The van der Waals surface area contributed by atoms with Gasteiger partial charge in [0.05, 0.1) is 18.1 Å². The lowest BCUT2D eigenvalue weighted by Gasteiger charge is -2.15. The van der Waals surface area contributed by atoms with Crippen molar-refractivity contribution in [2.24, 2.45) is 0 Å². The van der Waals surface area contributed by atoms with E-state index in [0.29, 0.717) is 16.7 Å². The van der Waals surface area contributed by atoms with E-state index in [9.17, 15) is 4.79 Å². The first-order valence-corrected chi connectivity index (χ1v) is 13.9. The van der Waals surface area contributed by atoms with E-state index in [-0.39, 0.29) is 11.2 Å². The number of thiazole rings is 1. The molecule has 1 aromatic heterocycles. The molecular formula is C28H28N4O2S3. The number of carbonyl (C=O) groups is 1. The van der Waals surface area contributed by atoms with Gasteiger partial charge < -0.3 is 20.7 Å². The van der Waals surface area contributed by atoms with Crippen molar-refractivity contribution in [3.8, 4) is 17.0 Å². The van der Waals surface area contributed by atoms with Gasteiger partial charge in [0, 0.05) is 27.2 Å². The number of anilines is 3. The van der Waals surface area contributed by atoms with Gasteiger partial charge in [-0.25, -0.2) is 4.98 Å². The van der Waals surface area contributed by atoms with E-state index in [0.717, 1.165) is 33.3 Å². The van der Waals surface area contributed by atoms with Gasteiger partial charge in [0.15, 0.2) is 10.2 Å². The summed E-state index contributed by atoms with van der Waals surface area (Å²) < 4.78 is 5.30. The zero-order valence-electron chi connectivity index (χ0n) is 20.8. The third-order valence-electron chi connectivity index (χ3n) is 5.44. The summed E-state index contributed by atoms with van der Waals surface area (Å²) in [6.07, 6.45) is 0.676. The van der Waals surface area contributed by atoms with Crippen molar-refractivity contribution in [3.05, 3.63) is 83.7 Å². The van der Waals surface area contributed by atoms with Crippen molar-refractivity contribution in [1.82, 2.24) is 4.98 Å². The number of aromatic nitrogens is 1. The van der Waals surface area contributed by atoms with Crippen LogP contribution in [0.15, 0.2) is 83.1 Å². The molecule has 4 rings (SSSR count).